The quantitative estimate of drug-likeness (QED) is 0.886. The summed E-state index contributed by atoms with van der Waals surface area (Å²) >= 11 is 0. The molecule has 4 nitrogen and oxygen atoms in total. The van der Waals surface area contributed by atoms with Gasteiger partial charge in [0, 0.05) is 0 Å². The predicted octanol–water partition coefficient (Wildman–Crippen LogP) is 3.04. The van der Waals surface area contributed by atoms with Crippen molar-refractivity contribution >= 4 is 5.97 Å². The van der Waals surface area contributed by atoms with Gasteiger partial charge in [0.15, 0.2) is 0 Å². The molecular weight excluding hydrogens is 266 g/mol. The largest absolute Gasteiger partial charge is 0.480 e. The second-order valence-corrected chi connectivity index (χ2v) is 5.08. The van der Waals surface area contributed by atoms with Gasteiger partial charge >= 0.3 is 5.97 Å². The van der Waals surface area contributed by atoms with E-state index in [9.17, 15) is 9.90 Å². The summed E-state index contributed by atoms with van der Waals surface area (Å²) in [4.78, 5) is 12.9. The zero-order chi connectivity index (χ0) is 15.2. The molecule has 0 aliphatic carbocycles. The van der Waals surface area contributed by atoms with E-state index in [4.69, 9.17) is 4.74 Å². The first-order chi connectivity index (χ1) is 10.1. The maximum absolute atomic E-state index is 11.2. The molecule has 0 radical (unpaired) electrons. The van der Waals surface area contributed by atoms with Gasteiger partial charge in [0.05, 0.1) is 0 Å². The average Bonchev–Trinajstić information content (AvgIpc) is 2.47. The third-order valence-electron chi connectivity index (χ3n) is 3.24. The van der Waals surface area contributed by atoms with Crippen LogP contribution in [0.2, 0.25) is 0 Å². The highest BCUT2D eigenvalue weighted by Crippen LogP contribution is 2.21. The monoisotopic (exact) mass is 285 g/mol. The number of rotatable bonds is 6. The van der Waals surface area contributed by atoms with Crippen LogP contribution in [-0.4, -0.2) is 36.1 Å². The Bertz CT molecular complexity index is 579. The first kappa shape index (κ1) is 15.1. The van der Waals surface area contributed by atoms with Crippen LogP contribution in [0.3, 0.4) is 0 Å². The molecule has 4 heteroatoms. The van der Waals surface area contributed by atoms with Crippen LogP contribution in [-0.2, 0) is 11.2 Å². The van der Waals surface area contributed by atoms with E-state index in [0.29, 0.717) is 6.42 Å². The van der Waals surface area contributed by atoms with Gasteiger partial charge in [-0.25, -0.2) is 0 Å². The molecule has 0 saturated carbocycles. The van der Waals surface area contributed by atoms with Crippen LogP contribution in [0.25, 0.3) is 0 Å². The number of carboxylic acid groups (broad SMARTS) is 1. The normalized spacial score (nSPS) is 12.1. The third kappa shape index (κ3) is 4.33. The minimum Gasteiger partial charge on any atom is -0.480 e. The molecule has 0 aliphatic heterocycles. The molecule has 110 valence electrons. The van der Waals surface area contributed by atoms with Gasteiger partial charge in [0.2, 0.25) is 0 Å². The van der Waals surface area contributed by atoms with Crippen molar-refractivity contribution in [3.63, 3.8) is 0 Å². The van der Waals surface area contributed by atoms with Crippen LogP contribution in [0.5, 0.6) is 11.5 Å². The molecule has 0 bridgehead atoms. The van der Waals surface area contributed by atoms with Crippen LogP contribution < -0.4 is 4.74 Å². The van der Waals surface area contributed by atoms with Gasteiger partial charge in [-0.15, -0.1) is 0 Å². The van der Waals surface area contributed by atoms with Crippen molar-refractivity contribution in [2.24, 2.45) is 0 Å². The maximum atomic E-state index is 11.2. The molecule has 2 aromatic carbocycles. The summed E-state index contributed by atoms with van der Waals surface area (Å²) in [5.74, 6) is 0.702. The third-order valence-corrected chi connectivity index (χ3v) is 3.24. The highest BCUT2D eigenvalue weighted by molar-refractivity contribution is 5.73. The molecule has 21 heavy (non-hydrogen) atoms. The van der Waals surface area contributed by atoms with Crippen LogP contribution in [0.15, 0.2) is 54.6 Å². The Morgan fingerprint density at radius 1 is 1.05 bits per heavy atom. The van der Waals surface area contributed by atoms with E-state index in [1.807, 2.05) is 54.6 Å². The first-order valence-corrected chi connectivity index (χ1v) is 6.77. The maximum Gasteiger partial charge on any atom is 0.321 e. The second kappa shape index (κ2) is 6.90. The van der Waals surface area contributed by atoms with Crippen LogP contribution >= 0.6 is 0 Å². The Morgan fingerprint density at radius 2 is 1.62 bits per heavy atom. The van der Waals surface area contributed by atoms with Gasteiger partial charge in [-0.1, -0.05) is 30.3 Å². The van der Waals surface area contributed by atoms with Crippen molar-refractivity contribution in [1.82, 2.24) is 4.90 Å². The van der Waals surface area contributed by atoms with Gasteiger partial charge in [-0.2, -0.15) is 0 Å². The molecule has 0 aromatic heterocycles. The lowest BCUT2D eigenvalue weighted by Crippen LogP contribution is -2.37. The van der Waals surface area contributed by atoms with Crippen molar-refractivity contribution in [1.29, 1.82) is 0 Å². The summed E-state index contributed by atoms with van der Waals surface area (Å²) in [5.41, 5.74) is 0.969. The first-order valence-electron chi connectivity index (χ1n) is 6.77. The summed E-state index contributed by atoms with van der Waals surface area (Å²) in [6, 6.07) is 16.5. The Hall–Kier alpha value is -2.33. The van der Waals surface area contributed by atoms with Gasteiger partial charge in [0.1, 0.15) is 17.5 Å². The molecular formula is C17H19NO3. The van der Waals surface area contributed by atoms with Crippen LogP contribution in [0.1, 0.15) is 5.56 Å². The molecule has 0 fully saturated rings. The fourth-order valence-corrected chi connectivity index (χ4v) is 2.03. The Kier molecular flexibility index (Phi) is 4.95. The lowest BCUT2D eigenvalue weighted by Gasteiger charge is -2.20. The number of carboxylic acids is 1. The summed E-state index contributed by atoms with van der Waals surface area (Å²) < 4.78 is 5.71. The van der Waals surface area contributed by atoms with Gasteiger partial charge in [-0.3, -0.25) is 9.69 Å². The van der Waals surface area contributed by atoms with E-state index in [0.717, 1.165) is 17.1 Å². The van der Waals surface area contributed by atoms with E-state index in [-0.39, 0.29) is 0 Å². The number of hydrogen-bond acceptors (Lipinski definition) is 3. The summed E-state index contributed by atoms with van der Waals surface area (Å²) in [6.45, 7) is 0. The minimum absolute atomic E-state index is 0.466. The molecule has 0 unspecified atom stereocenters. The molecule has 0 spiro atoms. The number of likely N-dealkylation sites (N-methyl/N-ethyl adjacent to an activating group) is 1. The van der Waals surface area contributed by atoms with E-state index < -0.39 is 12.0 Å². The van der Waals surface area contributed by atoms with E-state index >= 15 is 0 Å². The lowest BCUT2D eigenvalue weighted by atomic mass is 10.1. The minimum atomic E-state index is -0.815. The van der Waals surface area contributed by atoms with Gasteiger partial charge in [-0.05, 0) is 50.3 Å². The highest BCUT2D eigenvalue weighted by Gasteiger charge is 2.19. The number of benzene rings is 2. The van der Waals surface area contributed by atoms with E-state index in [1.54, 1.807) is 19.0 Å². The topological polar surface area (TPSA) is 49.8 Å². The number of aliphatic carboxylic acids is 1. The molecule has 1 atom stereocenters. The van der Waals surface area contributed by atoms with Crippen molar-refractivity contribution in [3.05, 3.63) is 60.2 Å². The van der Waals surface area contributed by atoms with Crippen LogP contribution in [0, 0.1) is 0 Å². The van der Waals surface area contributed by atoms with Crippen molar-refractivity contribution < 1.29 is 14.6 Å². The molecule has 2 aromatic rings. The standard InChI is InChI=1S/C17H19NO3/c1-18(2)16(17(19)20)12-13-8-10-15(11-9-13)21-14-6-4-3-5-7-14/h3-11,16H,12H2,1-2H3,(H,19,20)/t16-/m0/s1. The molecule has 0 aliphatic rings. The van der Waals surface area contributed by atoms with E-state index in [2.05, 4.69) is 0 Å². The number of hydrogen-bond donors (Lipinski definition) is 1. The molecule has 0 saturated heterocycles. The number of nitrogens with zero attached hydrogens (tertiary/aromatic N) is 1. The zero-order valence-corrected chi connectivity index (χ0v) is 12.2. The lowest BCUT2D eigenvalue weighted by molar-refractivity contribution is -0.142. The smallest absolute Gasteiger partial charge is 0.321 e. The molecule has 1 N–H and O–H groups in total. The Balaban J connectivity index is 2.03. The predicted molar refractivity (Wildman–Crippen MR) is 81.8 cm³/mol. The SMILES string of the molecule is CN(C)[C@@H](Cc1ccc(Oc2ccccc2)cc1)C(=O)O. The fourth-order valence-electron chi connectivity index (χ4n) is 2.03. The molecule has 2 rings (SSSR count). The van der Waals surface area contributed by atoms with Crippen molar-refractivity contribution in [2.45, 2.75) is 12.5 Å². The van der Waals surface area contributed by atoms with E-state index in [1.165, 1.54) is 0 Å². The second-order valence-electron chi connectivity index (χ2n) is 5.08. The summed E-state index contributed by atoms with van der Waals surface area (Å²) in [7, 11) is 3.54. The van der Waals surface area contributed by atoms with Crippen molar-refractivity contribution in [3.8, 4) is 11.5 Å². The molecule has 0 heterocycles. The Morgan fingerprint density at radius 3 is 2.14 bits per heavy atom. The van der Waals surface area contributed by atoms with Crippen molar-refractivity contribution in [2.75, 3.05) is 14.1 Å². The Labute approximate surface area is 124 Å². The highest BCUT2D eigenvalue weighted by atomic mass is 16.5. The van der Waals surface area contributed by atoms with Gasteiger partial charge in [0.25, 0.3) is 0 Å². The fraction of sp³-hybridized carbons (Fsp3) is 0.235. The summed E-state index contributed by atoms with van der Waals surface area (Å²) in [6.07, 6.45) is 0.466. The summed E-state index contributed by atoms with van der Waals surface area (Å²) in [5, 5.41) is 9.19. The number of ether oxygens (including phenoxy) is 1. The zero-order valence-electron chi connectivity index (χ0n) is 12.2. The van der Waals surface area contributed by atoms with Gasteiger partial charge < -0.3 is 9.84 Å². The molecule has 0 amide bonds. The average molecular weight is 285 g/mol. The number of para-hydroxylation sites is 1. The number of carbonyl (C=O) groups is 1. The van der Waals surface area contributed by atoms with Crippen LogP contribution in [0.4, 0.5) is 0 Å².